The van der Waals surface area contributed by atoms with Crippen LogP contribution in [0.1, 0.15) is 19.3 Å². The van der Waals surface area contributed by atoms with Crippen molar-refractivity contribution in [3.8, 4) is 0 Å². The van der Waals surface area contributed by atoms with Crippen LogP contribution in [-0.4, -0.2) is 48.0 Å². The minimum absolute atomic E-state index is 0.0570. The zero-order valence-electron chi connectivity index (χ0n) is 14.9. The Hall–Kier alpha value is -2.26. The van der Waals surface area contributed by atoms with Crippen molar-refractivity contribution in [2.75, 3.05) is 19.6 Å². The molecule has 1 amide bonds. The third-order valence-electron chi connectivity index (χ3n) is 4.70. The predicted molar refractivity (Wildman–Crippen MR) is 97.7 cm³/mol. The second-order valence-electron chi connectivity index (χ2n) is 6.52. The van der Waals surface area contributed by atoms with Crippen LogP contribution in [0.2, 0.25) is 0 Å². The van der Waals surface area contributed by atoms with E-state index in [0.29, 0.717) is 19.4 Å². The van der Waals surface area contributed by atoms with Crippen LogP contribution in [0.25, 0.3) is 0 Å². The molecule has 7 nitrogen and oxygen atoms in total. The highest BCUT2D eigenvalue weighted by atomic mass is 32.2. The molecule has 0 radical (unpaired) electrons. The Morgan fingerprint density at radius 3 is 2.63 bits per heavy atom. The Morgan fingerprint density at radius 1 is 1.22 bits per heavy atom. The summed E-state index contributed by atoms with van der Waals surface area (Å²) in [4.78, 5) is 12.0. The molecule has 9 heteroatoms. The third kappa shape index (κ3) is 4.72. The first-order valence-corrected chi connectivity index (χ1v) is 10.4. The second-order valence-corrected chi connectivity index (χ2v) is 8.43. The zero-order valence-corrected chi connectivity index (χ0v) is 15.7. The highest BCUT2D eigenvalue weighted by molar-refractivity contribution is 7.89. The molecule has 1 aromatic carbocycles. The molecule has 0 bridgehead atoms. The average Bonchev–Trinajstić information content (AvgIpc) is 3.19. The van der Waals surface area contributed by atoms with Crippen LogP contribution in [0, 0.1) is 11.7 Å². The van der Waals surface area contributed by atoms with E-state index in [0.717, 1.165) is 19.0 Å². The van der Waals surface area contributed by atoms with Crippen molar-refractivity contribution in [1.29, 1.82) is 0 Å². The number of carbonyl (C=O) groups excluding carboxylic acids is 1. The summed E-state index contributed by atoms with van der Waals surface area (Å²) in [5.74, 6) is -1.03. The number of amides is 1. The number of piperidine rings is 1. The second kappa shape index (κ2) is 8.62. The number of hydrogen-bond donors (Lipinski definition) is 1. The molecule has 1 N–H and O–H groups in total. The standard InChI is InChI=1S/C18H23FN4O3S/c19-16-5-1-2-6-17(16)27(25,26)23-13-7-15(8-14-23)18(24)20-9-3-11-22-12-4-10-21-22/h1-2,4-6,10,12,15H,3,7-9,11,13-14H2,(H,20,24). The lowest BCUT2D eigenvalue weighted by molar-refractivity contribution is -0.126. The van der Waals surface area contributed by atoms with Crippen LogP contribution in [0.15, 0.2) is 47.6 Å². The smallest absolute Gasteiger partial charge is 0.245 e. The van der Waals surface area contributed by atoms with Crippen LogP contribution >= 0.6 is 0 Å². The summed E-state index contributed by atoms with van der Waals surface area (Å²) < 4.78 is 42.1. The zero-order chi connectivity index (χ0) is 19.3. The van der Waals surface area contributed by atoms with Crippen molar-refractivity contribution in [3.63, 3.8) is 0 Å². The van der Waals surface area contributed by atoms with Gasteiger partial charge in [-0.25, -0.2) is 12.8 Å². The molecule has 0 spiro atoms. The topological polar surface area (TPSA) is 84.3 Å². The number of halogens is 1. The molecule has 0 unspecified atom stereocenters. The lowest BCUT2D eigenvalue weighted by Crippen LogP contribution is -2.43. The van der Waals surface area contributed by atoms with E-state index in [1.807, 2.05) is 12.3 Å². The van der Waals surface area contributed by atoms with Gasteiger partial charge in [-0.1, -0.05) is 12.1 Å². The van der Waals surface area contributed by atoms with Crippen molar-refractivity contribution in [2.45, 2.75) is 30.7 Å². The number of nitrogens with zero attached hydrogens (tertiary/aromatic N) is 3. The van der Waals surface area contributed by atoms with Crippen LogP contribution in [0.3, 0.4) is 0 Å². The fraction of sp³-hybridized carbons (Fsp3) is 0.444. The molecule has 1 aliphatic rings. The normalized spacial score (nSPS) is 16.3. The van der Waals surface area contributed by atoms with Crippen LogP contribution in [0.5, 0.6) is 0 Å². The van der Waals surface area contributed by atoms with Gasteiger partial charge in [0, 0.05) is 44.5 Å². The van der Waals surface area contributed by atoms with Crippen LogP contribution in [-0.2, 0) is 21.4 Å². The first-order chi connectivity index (χ1) is 13.0. The molecule has 2 aromatic rings. The van der Waals surface area contributed by atoms with Crippen LogP contribution < -0.4 is 5.32 Å². The molecule has 146 valence electrons. The molecule has 1 fully saturated rings. The van der Waals surface area contributed by atoms with Crippen molar-refractivity contribution in [1.82, 2.24) is 19.4 Å². The number of carbonyl (C=O) groups is 1. The van der Waals surface area contributed by atoms with Gasteiger partial charge in [-0.05, 0) is 37.5 Å². The van der Waals surface area contributed by atoms with Crippen molar-refractivity contribution in [2.24, 2.45) is 5.92 Å². The molecule has 3 rings (SSSR count). The van der Waals surface area contributed by atoms with Gasteiger partial charge < -0.3 is 5.32 Å². The van der Waals surface area contributed by atoms with E-state index < -0.39 is 15.8 Å². The van der Waals surface area contributed by atoms with Gasteiger partial charge in [0.2, 0.25) is 15.9 Å². The molecule has 0 aliphatic carbocycles. The lowest BCUT2D eigenvalue weighted by atomic mass is 9.97. The first kappa shape index (κ1) is 19.5. The number of rotatable bonds is 7. The van der Waals surface area contributed by atoms with Gasteiger partial charge in [0.15, 0.2) is 0 Å². The Labute approximate surface area is 158 Å². The summed E-state index contributed by atoms with van der Waals surface area (Å²) in [6.45, 7) is 1.70. The Bertz CT molecular complexity index is 862. The number of hydrogen-bond acceptors (Lipinski definition) is 4. The maximum atomic E-state index is 13.8. The molecule has 1 saturated heterocycles. The van der Waals surface area contributed by atoms with E-state index >= 15 is 0 Å². The van der Waals surface area contributed by atoms with E-state index in [-0.39, 0.29) is 29.8 Å². The summed E-state index contributed by atoms with van der Waals surface area (Å²) in [6.07, 6.45) is 5.21. The summed E-state index contributed by atoms with van der Waals surface area (Å²) >= 11 is 0. The first-order valence-electron chi connectivity index (χ1n) is 8.98. The van der Waals surface area contributed by atoms with Crippen LogP contribution in [0.4, 0.5) is 4.39 Å². The van der Waals surface area contributed by atoms with Gasteiger partial charge in [0.1, 0.15) is 10.7 Å². The summed E-state index contributed by atoms with van der Waals surface area (Å²) in [5.41, 5.74) is 0. The molecule has 0 atom stereocenters. The Kier molecular flexibility index (Phi) is 6.22. The molecular weight excluding hydrogens is 371 g/mol. The van der Waals surface area contributed by atoms with E-state index in [1.165, 1.54) is 22.5 Å². The fourth-order valence-electron chi connectivity index (χ4n) is 3.18. The maximum Gasteiger partial charge on any atom is 0.245 e. The van der Waals surface area contributed by atoms with Gasteiger partial charge in [0.05, 0.1) is 0 Å². The quantitative estimate of drug-likeness (QED) is 0.724. The Balaban J connectivity index is 1.46. The number of aryl methyl sites for hydroxylation is 1. The summed E-state index contributed by atoms with van der Waals surface area (Å²) in [6, 6.07) is 7.21. The third-order valence-corrected chi connectivity index (χ3v) is 6.63. The summed E-state index contributed by atoms with van der Waals surface area (Å²) in [5, 5.41) is 7.00. The van der Waals surface area contributed by atoms with Crippen molar-refractivity contribution in [3.05, 3.63) is 48.5 Å². The van der Waals surface area contributed by atoms with E-state index in [4.69, 9.17) is 0 Å². The Morgan fingerprint density at radius 2 is 1.96 bits per heavy atom. The van der Waals surface area contributed by atoms with E-state index in [9.17, 15) is 17.6 Å². The van der Waals surface area contributed by atoms with Gasteiger partial charge in [0.25, 0.3) is 0 Å². The molecule has 1 aliphatic heterocycles. The van der Waals surface area contributed by atoms with E-state index in [2.05, 4.69) is 10.4 Å². The molecule has 27 heavy (non-hydrogen) atoms. The van der Waals surface area contributed by atoms with Crippen molar-refractivity contribution < 1.29 is 17.6 Å². The molecular formula is C18H23FN4O3S. The molecule has 0 saturated carbocycles. The number of sulfonamides is 1. The van der Waals surface area contributed by atoms with Gasteiger partial charge >= 0.3 is 0 Å². The highest BCUT2D eigenvalue weighted by Crippen LogP contribution is 2.25. The van der Waals surface area contributed by atoms with Gasteiger partial charge in [-0.15, -0.1) is 0 Å². The lowest BCUT2D eigenvalue weighted by Gasteiger charge is -2.30. The van der Waals surface area contributed by atoms with Gasteiger partial charge in [-0.2, -0.15) is 9.40 Å². The SMILES string of the molecule is O=C(NCCCn1cccn1)C1CCN(S(=O)(=O)c2ccccc2F)CC1. The average molecular weight is 394 g/mol. The number of nitrogens with one attached hydrogen (secondary N) is 1. The fourth-order valence-corrected chi connectivity index (χ4v) is 4.72. The maximum absolute atomic E-state index is 13.8. The monoisotopic (exact) mass is 394 g/mol. The minimum Gasteiger partial charge on any atom is -0.356 e. The number of benzene rings is 1. The minimum atomic E-state index is -3.87. The molecule has 2 heterocycles. The van der Waals surface area contributed by atoms with Gasteiger partial charge in [-0.3, -0.25) is 9.48 Å². The largest absolute Gasteiger partial charge is 0.356 e. The number of aromatic nitrogens is 2. The predicted octanol–water partition coefficient (Wildman–Crippen LogP) is 1.63. The van der Waals surface area contributed by atoms with E-state index in [1.54, 1.807) is 10.9 Å². The highest BCUT2D eigenvalue weighted by Gasteiger charge is 2.33. The molecule has 1 aromatic heterocycles. The van der Waals surface area contributed by atoms with Crippen molar-refractivity contribution >= 4 is 15.9 Å². The summed E-state index contributed by atoms with van der Waals surface area (Å²) in [7, 11) is -3.87.